The smallest absolute Gasteiger partial charge is 0.163 e. The highest BCUT2D eigenvalue weighted by Crippen LogP contribution is 2.63. The molecule has 4 aliphatic rings. The van der Waals surface area contributed by atoms with Crippen molar-refractivity contribution in [3.05, 3.63) is 24.3 Å². The summed E-state index contributed by atoms with van der Waals surface area (Å²) in [5, 5.41) is 3.13. The van der Waals surface area contributed by atoms with Gasteiger partial charge in [-0.15, -0.1) is 0 Å². The first-order valence-corrected chi connectivity index (χ1v) is 14.3. The minimum absolute atomic E-state index is 0.201. The van der Waals surface area contributed by atoms with Gasteiger partial charge in [-0.2, -0.15) is 0 Å². The Morgan fingerprint density at radius 1 is 0.567 bits per heavy atom. The molecule has 4 fully saturated rings. The van der Waals surface area contributed by atoms with Crippen molar-refractivity contribution in [1.82, 2.24) is 0 Å². The lowest BCUT2D eigenvalue weighted by atomic mass is 10.1. The second-order valence-electron chi connectivity index (χ2n) is 10.4. The topological polar surface area (TPSA) is 36.9 Å². The number of ether oxygens (including phenoxy) is 4. The molecule has 0 bridgehead atoms. The van der Waals surface area contributed by atoms with Crippen LogP contribution in [0.15, 0.2) is 24.3 Å². The molecule has 0 radical (unpaired) electrons. The molecule has 0 aromatic heterocycles. The average molecular weight is 450 g/mol. The van der Waals surface area contributed by atoms with Crippen LogP contribution in [0.5, 0.6) is 0 Å². The second-order valence-corrected chi connectivity index (χ2v) is 16.2. The van der Waals surface area contributed by atoms with Gasteiger partial charge >= 0.3 is 0 Å². The van der Waals surface area contributed by atoms with Gasteiger partial charge in [-0.05, 0) is 38.3 Å². The molecule has 0 saturated carbocycles. The predicted octanol–water partition coefficient (Wildman–Crippen LogP) is 4.52. The van der Waals surface area contributed by atoms with Gasteiger partial charge in [0, 0.05) is 22.6 Å². The van der Waals surface area contributed by atoms with Crippen molar-refractivity contribution in [3.63, 3.8) is 0 Å². The van der Waals surface area contributed by atoms with Crippen molar-refractivity contribution >= 4 is 26.5 Å². The van der Waals surface area contributed by atoms with E-state index in [0.29, 0.717) is 22.6 Å². The van der Waals surface area contributed by atoms with E-state index in [4.69, 9.17) is 18.9 Å². The predicted molar refractivity (Wildman–Crippen MR) is 125 cm³/mol. The fourth-order valence-electron chi connectivity index (χ4n) is 6.28. The summed E-state index contributed by atoms with van der Waals surface area (Å²) >= 11 is 0. The molecule has 1 aromatic rings. The Morgan fingerprint density at radius 2 is 0.833 bits per heavy atom. The van der Waals surface area contributed by atoms with Gasteiger partial charge in [0.1, 0.15) is 0 Å². The summed E-state index contributed by atoms with van der Waals surface area (Å²) in [6.07, 6.45) is 0.805. The highest BCUT2D eigenvalue weighted by atomic mass is 31.1. The average Bonchev–Trinajstić information content (AvgIpc) is 3.29. The van der Waals surface area contributed by atoms with Gasteiger partial charge in [-0.25, -0.2) is 0 Å². The monoisotopic (exact) mass is 450 g/mol. The number of rotatable bonds is 2. The van der Waals surface area contributed by atoms with Gasteiger partial charge in [-0.3, -0.25) is 0 Å². The summed E-state index contributed by atoms with van der Waals surface area (Å²) in [7, 11) is -0.723. The molecular formula is C24H36O4P2. The molecule has 0 spiro atoms. The minimum Gasteiger partial charge on any atom is -0.344 e. The van der Waals surface area contributed by atoms with Crippen LogP contribution in [0, 0.1) is 0 Å². The van der Waals surface area contributed by atoms with Crippen molar-refractivity contribution < 1.29 is 18.9 Å². The second kappa shape index (κ2) is 7.21. The van der Waals surface area contributed by atoms with Crippen LogP contribution in [0.3, 0.4) is 0 Å². The van der Waals surface area contributed by atoms with E-state index in [0.717, 1.165) is 0 Å². The fourth-order valence-corrected chi connectivity index (χ4v) is 13.6. The normalized spacial score (nSPS) is 48.7. The molecule has 6 heteroatoms. The van der Waals surface area contributed by atoms with Gasteiger partial charge in [0.05, 0.1) is 24.4 Å². The van der Waals surface area contributed by atoms with E-state index < -0.39 is 11.6 Å². The summed E-state index contributed by atoms with van der Waals surface area (Å²) in [5.74, 6) is -0.924. The van der Waals surface area contributed by atoms with E-state index in [1.807, 2.05) is 27.7 Å². The maximum atomic E-state index is 6.36. The Labute approximate surface area is 183 Å². The lowest BCUT2D eigenvalue weighted by Gasteiger charge is -2.33. The highest BCUT2D eigenvalue weighted by molar-refractivity contribution is 7.73. The van der Waals surface area contributed by atoms with Crippen LogP contribution in [-0.2, 0) is 18.9 Å². The quantitative estimate of drug-likeness (QED) is 0.621. The van der Waals surface area contributed by atoms with Crippen molar-refractivity contribution in [2.75, 3.05) is 0 Å². The van der Waals surface area contributed by atoms with E-state index in [-0.39, 0.29) is 40.3 Å². The minimum atomic E-state index is -0.462. The van der Waals surface area contributed by atoms with Crippen molar-refractivity contribution in [2.24, 2.45) is 0 Å². The van der Waals surface area contributed by atoms with Crippen LogP contribution in [-0.4, -0.2) is 58.6 Å². The number of hydrogen-bond acceptors (Lipinski definition) is 4. The van der Waals surface area contributed by atoms with Crippen LogP contribution in [0.4, 0.5) is 0 Å². The third-order valence-electron chi connectivity index (χ3n) is 7.42. The van der Waals surface area contributed by atoms with Gasteiger partial charge in [0.2, 0.25) is 0 Å². The zero-order valence-electron chi connectivity index (χ0n) is 19.5. The number of benzene rings is 1. The Balaban J connectivity index is 1.48. The van der Waals surface area contributed by atoms with E-state index in [1.54, 1.807) is 10.6 Å². The lowest BCUT2D eigenvalue weighted by Crippen LogP contribution is -2.34. The lowest BCUT2D eigenvalue weighted by molar-refractivity contribution is -0.147. The van der Waals surface area contributed by atoms with E-state index in [2.05, 4.69) is 52.0 Å². The molecule has 0 aliphatic carbocycles. The first-order valence-electron chi connectivity index (χ1n) is 11.4. The van der Waals surface area contributed by atoms with Gasteiger partial charge in [0.25, 0.3) is 0 Å². The fraction of sp³-hybridized carbons (Fsp3) is 0.750. The third-order valence-corrected chi connectivity index (χ3v) is 14.2. The molecule has 0 N–H and O–H groups in total. The Bertz CT molecular complexity index is 720. The highest BCUT2D eigenvalue weighted by Gasteiger charge is 2.58. The molecule has 30 heavy (non-hydrogen) atoms. The van der Waals surface area contributed by atoms with Crippen LogP contribution in [0.25, 0.3) is 0 Å². The van der Waals surface area contributed by atoms with Crippen LogP contribution in [0.1, 0.15) is 55.4 Å². The summed E-state index contributed by atoms with van der Waals surface area (Å²) in [5.41, 5.74) is 1.99. The largest absolute Gasteiger partial charge is 0.344 e. The van der Waals surface area contributed by atoms with Gasteiger partial charge in [0.15, 0.2) is 11.6 Å². The SMILES string of the molecule is C[C@H]1C2OC(C)(C)O[C@@H]2[C@H](C)P1c1ccccc1P1[C@@H](C)[C@H]2OC(C)(C)O[C@@H]2[C@@H]1C. The molecule has 1 aromatic carbocycles. The van der Waals surface area contributed by atoms with E-state index >= 15 is 0 Å². The van der Waals surface area contributed by atoms with Gasteiger partial charge < -0.3 is 18.9 Å². The molecule has 4 aliphatic heterocycles. The Hall–Kier alpha value is -0.0800. The zero-order valence-corrected chi connectivity index (χ0v) is 21.2. The Kier molecular flexibility index (Phi) is 5.23. The van der Waals surface area contributed by atoms with Crippen molar-refractivity contribution in [2.45, 2.75) is 114 Å². The summed E-state index contributed by atoms with van der Waals surface area (Å²) < 4.78 is 25.4. The summed E-state index contributed by atoms with van der Waals surface area (Å²) in [6, 6.07) is 9.22. The molecule has 5 rings (SSSR count). The van der Waals surface area contributed by atoms with Crippen LogP contribution < -0.4 is 10.6 Å². The maximum absolute atomic E-state index is 6.36. The first kappa shape index (κ1) is 21.7. The standard InChI is InChI=1S/C24H36O4P2/c1-13-19-20(26-23(5,6)25-19)14(2)29(13)17-11-9-10-12-18(17)30-15(3)21-22(16(30)4)28-24(7,8)27-21/h9-16,19-22H,1-8H3/t13-,14-,15-,16-,19+,20+,21+,22?,30?/m0/s1. The van der Waals surface area contributed by atoms with E-state index in [9.17, 15) is 0 Å². The van der Waals surface area contributed by atoms with Crippen LogP contribution in [0.2, 0.25) is 0 Å². The number of fused-ring (bicyclic) bond motifs is 2. The Morgan fingerprint density at radius 3 is 1.10 bits per heavy atom. The molecule has 4 nitrogen and oxygen atoms in total. The number of hydrogen-bond donors (Lipinski definition) is 0. The van der Waals surface area contributed by atoms with Gasteiger partial charge in [-0.1, -0.05) is 67.8 Å². The molecule has 4 heterocycles. The zero-order chi connectivity index (χ0) is 21.6. The summed E-state index contributed by atoms with van der Waals surface area (Å²) in [6.45, 7) is 17.7. The molecule has 9 atom stereocenters. The van der Waals surface area contributed by atoms with Crippen LogP contribution >= 0.6 is 15.8 Å². The van der Waals surface area contributed by atoms with Crippen molar-refractivity contribution in [3.8, 4) is 0 Å². The first-order chi connectivity index (χ1) is 14.0. The maximum Gasteiger partial charge on any atom is 0.163 e. The molecule has 0 amide bonds. The van der Waals surface area contributed by atoms with Crippen molar-refractivity contribution in [1.29, 1.82) is 0 Å². The molecular weight excluding hydrogens is 414 g/mol. The molecule has 166 valence electrons. The summed E-state index contributed by atoms with van der Waals surface area (Å²) in [4.78, 5) is 0. The van der Waals surface area contributed by atoms with E-state index in [1.165, 1.54) is 0 Å². The third kappa shape index (κ3) is 3.25. The molecule has 4 saturated heterocycles. The molecule has 2 unspecified atom stereocenters.